The van der Waals surface area contributed by atoms with E-state index < -0.39 is 4.92 Å². The van der Waals surface area contributed by atoms with E-state index in [1.165, 1.54) is 4.88 Å². The van der Waals surface area contributed by atoms with Gasteiger partial charge in [0.05, 0.1) is 11.5 Å². The van der Waals surface area contributed by atoms with Gasteiger partial charge in [-0.25, -0.2) is 0 Å². The Morgan fingerprint density at radius 2 is 2.19 bits per heavy atom. The van der Waals surface area contributed by atoms with Crippen molar-refractivity contribution in [2.75, 3.05) is 18.5 Å². The normalized spacial score (nSPS) is 10.3. The van der Waals surface area contributed by atoms with Crippen LogP contribution in [0.4, 0.5) is 11.4 Å². The van der Waals surface area contributed by atoms with Gasteiger partial charge in [-0.2, -0.15) is 0 Å². The highest BCUT2D eigenvalue weighted by atomic mass is 32.1. The van der Waals surface area contributed by atoms with Crippen LogP contribution in [-0.2, 0) is 6.42 Å². The summed E-state index contributed by atoms with van der Waals surface area (Å²) in [6.07, 6.45) is 1.65. The zero-order chi connectivity index (χ0) is 15.1. The van der Waals surface area contributed by atoms with Crippen LogP contribution in [0.15, 0.2) is 35.7 Å². The number of ether oxygens (including phenoxy) is 1. The lowest BCUT2D eigenvalue weighted by molar-refractivity contribution is -0.385. The van der Waals surface area contributed by atoms with Gasteiger partial charge in [0.15, 0.2) is 5.75 Å². The molecular formula is C15H18N2O3S. The van der Waals surface area contributed by atoms with E-state index in [0.717, 1.165) is 12.8 Å². The second-order valence-corrected chi connectivity index (χ2v) is 5.55. The van der Waals surface area contributed by atoms with Gasteiger partial charge in [-0.05, 0) is 36.4 Å². The molecule has 0 aliphatic heterocycles. The summed E-state index contributed by atoms with van der Waals surface area (Å²) < 4.78 is 5.46. The summed E-state index contributed by atoms with van der Waals surface area (Å²) in [7, 11) is 0. The Hall–Kier alpha value is -2.08. The van der Waals surface area contributed by atoms with E-state index in [9.17, 15) is 10.1 Å². The van der Waals surface area contributed by atoms with E-state index >= 15 is 0 Å². The van der Waals surface area contributed by atoms with Gasteiger partial charge in [-0.15, -0.1) is 11.3 Å². The van der Waals surface area contributed by atoms with Crippen molar-refractivity contribution in [1.29, 1.82) is 0 Å². The number of benzene rings is 1. The third-order valence-corrected chi connectivity index (χ3v) is 3.85. The minimum atomic E-state index is -0.390. The van der Waals surface area contributed by atoms with Crippen molar-refractivity contribution >= 4 is 22.7 Å². The summed E-state index contributed by atoms with van der Waals surface area (Å²) in [6.45, 7) is 3.09. The van der Waals surface area contributed by atoms with Crippen LogP contribution in [0.2, 0.25) is 0 Å². The van der Waals surface area contributed by atoms with Crippen LogP contribution in [0, 0.1) is 10.1 Å². The SMILES string of the molecule is CCCOc1cccc(NCCc2cccs2)c1[N+](=O)[O-]. The van der Waals surface area contributed by atoms with Gasteiger partial charge in [0, 0.05) is 11.4 Å². The minimum Gasteiger partial charge on any atom is -0.487 e. The zero-order valence-electron chi connectivity index (χ0n) is 11.9. The maximum atomic E-state index is 11.3. The van der Waals surface area contributed by atoms with Crippen LogP contribution in [0.25, 0.3) is 0 Å². The number of anilines is 1. The molecule has 0 bridgehead atoms. The maximum absolute atomic E-state index is 11.3. The first-order valence-electron chi connectivity index (χ1n) is 6.88. The first-order valence-corrected chi connectivity index (χ1v) is 7.76. The van der Waals surface area contributed by atoms with Crippen LogP contribution in [-0.4, -0.2) is 18.1 Å². The molecule has 0 radical (unpaired) electrons. The van der Waals surface area contributed by atoms with Gasteiger partial charge in [-0.3, -0.25) is 10.1 Å². The average molecular weight is 306 g/mol. The number of nitrogens with one attached hydrogen (secondary N) is 1. The summed E-state index contributed by atoms with van der Waals surface area (Å²) >= 11 is 1.68. The first-order chi connectivity index (χ1) is 10.2. The van der Waals surface area contributed by atoms with Crippen molar-refractivity contribution in [2.24, 2.45) is 0 Å². The molecule has 6 heteroatoms. The second kappa shape index (κ2) is 7.64. The van der Waals surface area contributed by atoms with E-state index in [2.05, 4.69) is 11.4 Å². The van der Waals surface area contributed by atoms with Crippen molar-refractivity contribution in [1.82, 2.24) is 0 Å². The van der Waals surface area contributed by atoms with E-state index in [1.54, 1.807) is 29.5 Å². The number of hydrogen-bond donors (Lipinski definition) is 1. The van der Waals surface area contributed by atoms with E-state index in [0.29, 0.717) is 24.6 Å². The zero-order valence-corrected chi connectivity index (χ0v) is 12.7. The lowest BCUT2D eigenvalue weighted by Gasteiger charge is -2.10. The standard InChI is InChI=1S/C15H18N2O3S/c1-2-10-20-14-7-3-6-13(15(14)17(18)19)16-9-8-12-5-4-11-21-12/h3-7,11,16H,2,8-10H2,1H3. The number of thiophene rings is 1. The van der Waals surface area contributed by atoms with Crippen LogP contribution >= 0.6 is 11.3 Å². The lowest BCUT2D eigenvalue weighted by Crippen LogP contribution is -2.08. The van der Waals surface area contributed by atoms with E-state index in [-0.39, 0.29) is 5.69 Å². The summed E-state index contributed by atoms with van der Waals surface area (Å²) in [5.41, 5.74) is 0.516. The van der Waals surface area contributed by atoms with Gasteiger partial charge < -0.3 is 10.1 Å². The van der Waals surface area contributed by atoms with Crippen molar-refractivity contribution in [2.45, 2.75) is 19.8 Å². The Labute approximate surface area is 127 Å². The average Bonchev–Trinajstić information content (AvgIpc) is 2.98. The fourth-order valence-electron chi connectivity index (χ4n) is 1.96. The molecule has 1 heterocycles. The Balaban J connectivity index is 2.08. The first kappa shape index (κ1) is 15.3. The Kier molecular flexibility index (Phi) is 5.57. The molecule has 0 aliphatic carbocycles. The van der Waals surface area contributed by atoms with Gasteiger partial charge in [0.2, 0.25) is 0 Å². The Morgan fingerprint density at radius 1 is 1.33 bits per heavy atom. The quantitative estimate of drug-likeness (QED) is 0.589. The van der Waals surface area contributed by atoms with Gasteiger partial charge in [0.1, 0.15) is 5.69 Å². The monoisotopic (exact) mass is 306 g/mol. The van der Waals surface area contributed by atoms with Crippen molar-refractivity contribution in [3.05, 3.63) is 50.7 Å². The molecule has 0 fully saturated rings. The maximum Gasteiger partial charge on any atom is 0.333 e. The van der Waals surface area contributed by atoms with Crippen molar-refractivity contribution in [3.63, 3.8) is 0 Å². The smallest absolute Gasteiger partial charge is 0.333 e. The summed E-state index contributed by atoms with van der Waals surface area (Å²) in [5.74, 6) is 0.322. The molecule has 0 unspecified atom stereocenters. The van der Waals surface area contributed by atoms with Crippen molar-refractivity contribution in [3.8, 4) is 5.75 Å². The molecule has 0 amide bonds. The highest BCUT2D eigenvalue weighted by Crippen LogP contribution is 2.34. The number of para-hydroxylation sites is 1. The fourth-order valence-corrected chi connectivity index (χ4v) is 2.67. The lowest BCUT2D eigenvalue weighted by atomic mass is 10.2. The molecule has 0 atom stereocenters. The Morgan fingerprint density at radius 3 is 2.86 bits per heavy atom. The number of nitrogens with zero attached hydrogens (tertiary/aromatic N) is 1. The second-order valence-electron chi connectivity index (χ2n) is 4.51. The fraction of sp³-hybridized carbons (Fsp3) is 0.333. The molecule has 0 saturated carbocycles. The van der Waals surface area contributed by atoms with E-state index in [4.69, 9.17) is 4.74 Å². The third-order valence-electron chi connectivity index (χ3n) is 2.91. The summed E-state index contributed by atoms with van der Waals surface area (Å²) in [4.78, 5) is 12.1. The van der Waals surface area contributed by atoms with E-state index in [1.807, 2.05) is 18.4 Å². The molecule has 0 saturated heterocycles. The van der Waals surface area contributed by atoms with Crippen LogP contribution in [0.1, 0.15) is 18.2 Å². The molecule has 2 rings (SSSR count). The summed E-state index contributed by atoms with van der Waals surface area (Å²) in [6, 6.07) is 9.18. The van der Waals surface area contributed by atoms with Gasteiger partial charge in [0.25, 0.3) is 0 Å². The molecule has 112 valence electrons. The number of rotatable bonds is 8. The Bertz CT molecular complexity index is 585. The number of nitro groups is 1. The molecule has 1 aromatic heterocycles. The topological polar surface area (TPSA) is 64.4 Å². The molecule has 2 aromatic rings. The molecule has 0 aliphatic rings. The predicted molar refractivity (Wildman–Crippen MR) is 85.4 cm³/mol. The van der Waals surface area contributed by atoms with Crippen LogP contribution in [0.5, 0.6) is 5.75 Å². The summed E-state index contributed by atoms with van der Waals surface area (Å²) in [5, 5.41) is 16.4. The van der Waals surface area contributed by atoms with Crippen LogP contribution < -0.4 is 10.1 Å². The van der Waals surface area contributed by atoms with Crippen molar-refractivity contribution < 1.29 is 9.66 Å². The largest absolute Gasteiger partial charge is 0.487 e. The molecule has 1 N–H and O–H groups in total. The molecule has 1 aromatic carbocycles. The minimum absolute atomic E-state index is 0.0112. The molecule has 5 nitrogen and oxygen atoms in total. The highest BCUT2D eigenvalue weighted by Gasteiger charge is 2.20. The van der Waals surface area contributed by atoms with Gasteiger partial charge in [-0.1, -0.05) is 19.1 Å². The number of hydrogen-bond acceptors (Lipinski definition) is 5. The molecule has 21 heavy (non-hydrogen) atoms. The predicted octanol–water partition coefficient (Wildman–Crippen LogP) is 4.10. The van der Waals surface area contributed by atoms with Gasteiger partial charge >= 0.3 is 5.69 Å². The number of nitro benzene ring substituents is 1. The van der Waals surface area contributed by atoms with Crippen LogP contribution in [0.3, 0.4) is 0 Å². The molecule has 0 spiro atoms. The highest BCUT2D eigenvalue weighted by molar-refractivity contribution is 7.09. The molecular weight excluding hydrogens is 288 g/mol. The third kappa shape index (κ3) is 4.19.